The van der Waals surface area contributed by atoms with Crippen LogP contribution in [0.4, 0.5) is 0 Å². The third kappa shape index (κ3) is 2.77. The number of hydrogen-bond acceptors (Lipinski definition) is 3. The van der Waals surface area contributed by atoms with Gasteiger partial charge in [-0.3, -0.25) is 0 Å². The first-order valence-electron chi connectivity index (χ1n) is 5.71. The van der Waals surface area contributed by atoms with E-state index in [1.54, 1.807) is 0 Å². The van der Waals surface area contributed by atoms with Crippen LogP contribution in [-0.4, -0.2) is 17.0 Å². The molecule has 1 aliphatic heterocycles. The van der Waals surface area contributed by atoms with Gasteiger partial charge in [-0.15, -0.1) is 11.3 Å². The van der Waals surface area contributed by atoms with E-state index >= 15 is 0 Å². The van der Waals surface area contributed by atoms with Crippen molar-refractivity contribution in [3.63, 3.8) is 0 Å². The largest absolute Gasteiger partial charge is 0.308 e. The fourth-order valence-electron chi connectivity index (χ4n) is 2.06. The molecule has 1 aliphatic rings. The van der Waals surface area contributed by atoms with E-state index in [1.807, 2.05) is 11.3 Å². The summed E-state index contributed by atoms with van der Waals surface area (Å²) < 4.78 is 0. The summed E-state index contributed by atoms with van der Waals surface area (Å²) in [6.45, 7) is 5.64. The van der Waals surface area contributed by atoms with Crippen LogP contribution in [0.15, 0.2) is 11.4 Å². The molecule has 15 heavy (non-hydrogen) atoms. The molecule has 0 spiro atoms. The molecule has 1 fully saturated rings. The Kier molecular flexibility index (Phi) is 4.12. The molecule has 0 bridgehead atoms. The Bertz CT molecular complexity index is 308. The second-order valence-corrected chi connectivity index (χ2v) is 6.56. The first kappa shape index (κ1) is 11.5. The van der Waals surface area contributed by atoms with Crippen molar-refractivity contribution in [1.82, 2.24) is 5.32 Å². The minimum absolute atomic E-state index is 0.724. The fraction of sp³-hybridized carbons (Fsp3) is 0.667. The molecule has 0 amide bonds. The summed E-state index contributed by atoms with van der Waals surface area (Å²) in [5, 5.41) is 6.70. The molecule has 0 saturated carbocycles. The van der Waals surface area contributed by atoms with Crippen molar-refractivity contribution in [2.75, 3.05) is 5.75 Å². The van der Waals surface area contributed by atoms with Crippen LogP contribution in [0.5, 0.6) is 0 Å². The summed E-state index contributed by atoms with van der Waals surface area (Å²) in [6.07, 6.45) is 2.49. The second kappa shape index (κ2) is 5.37. The SMILES string of the molecule is CCc1ccsc1CNC1CCSC1C. The topological polar surface area (TPSA) is 12.0 Å². The van der Waals surface area contributed by atoms with Crippen LogP contribution in [-0.2, 0) is 13.0 Å². The highest BCUT2D eigenvalue weighted by Gasteiger charge is 2.23. The van der Waals surface area contributed by atoms with Gasteiger partial charge in [0, 0.05) is 22.7 Å². The Morgan fingerprint density at radius 3 is 3.07 bits per heavy atom. The van der Waals surface area contributed by atoms with Crippen LogP contribution >= 0.6 is 23.1 Å². The van der Waals surface area contributed by atoms with Gasteiger partial charge < -0.3 is 5.32 Å². The van der Waals surface area contributed by atoms with E-state index in [4.69, 9.17) is 0 Å². The van der Waals surface area contributed by atoms with Crippen molar-refractivity contribution in [1.29, 1.82) is 0 Å². The predicted octanol–water partition coefficient (Wildman–Crippen LogP) is 3.29. The fourth-order valence-corrected chi connectivity index (χ4v) is 4.21. The maximum atomic E-state index is 3.70. The maximum Gasteiger partial charge on any atom is 0.0305 e. The normalized spacial score (nSPS) is 26.0. The van der Waals surface area contributed by atoms with Gasteiger partial charge in [-0.05, 0) is 35.6 Å². The lowest BCUT2D eigenvalue weighted by Gasteiger charge is -2.16. The van der Waals surface area contributed by atoms with E-state index in [0.29, 0.717) is 0 Å². The highest BCUT2D eigenvalue weighted by molar-refractivity contribution is 8.00. The molecule has 84 valence electrons. The van der Waals surface area contributed by atoms with E-state index in [9.17, 15) is 0 Å². The molecular formula is C12H19NS2. The second-order valence-electron chi connectivity index (χ2n) is 4.07. The first-order chi connectivity index (χ1) is 7.31. The summed E-state index contributed by atoms with van der Waals surface area (Å²) in [7, 11) is 0. The third-order valence-electron chi connectivity index (χ3n) is 3.12. The molecule has 1 N–H and O–H groups in total. The number of hydrogen-bond donors (Lipinski definition) is 1. The Morgan fingerprint density at radius 2 is 2.40 bits per heavy atom. The van der Waals surface area contributed by atoms with E-state index < -0.39 is 0 Å². The van der Waals surface area contributed by atoms with Gasteiger partial charge in [-0.1, -0.05) is 13.8 Å². The van der Waals surface area contributed by atoms with Crippen LogP contribution in [0.1, 0.15) is 30.7 Å². The monoisotopic (exact) mass is 241 g/mol. The first-order valence-corrected chi connectivity index (χ1v) is 7.64. The quantitative estimate of drug-likeness (QED) is 0.868. The molecule has 2 heterocycles. The summed E-state index contributed by atoms with van der Waals surface area (Å²) >= 11 is 3.98. The number of aryl methyl sites for hydroxylation is 1. The van der Waals surface area contributed by atoms with E-state index in [2.05, 4.69) is 42.4 Å². The molecule has 1 aromatic rings. The maximum absolute atomic E-state index is 3.70. The summed E-state index contributed by atoms with van der Waals surface area (Å²) in [5.74, 6) is 1.32. The van der Waals surface area contributed by atoms with Crippen LogP contribution in [0.2, 0.25) is 0 Å². The van der Waals surface area contributed by atoms with Crippen molar-refractivity contribution < 1.29 is 0 Å². The van der Waals surface area contributed by atoms with Gasteiger partial charge in [-0.2, -0.15) is 11.8 Å². The molecule has 2 unspecified atom stereocenters. The van der Waals surface area contributed by atoms with Crippen molar-refractivity contribution >= 4 is 23.1 Å². The predicted molar refractivity (Wildman–Crippen MR) is 70.9 cm³/mol. The summed E-state index contributed by atoms with van der Waals surface area (Å²) in [6, 6.07) is 2.98. The van der Waals surface area contributed by atoms with Crippen molar-refractivity contribution in [2.45, 2.75) is 44.5 Å². The minimum Gasteiger partial charge on any atom is -0.308 e. The zero-order valence-electron chi connectivity index (χ0n) is 9.45. The Morgan fingerprint density at radius 1 is 1.53 bits per heavy atom. The average Bonchev–Trinajstić information content (AvgIpc) is 2.83. The van der Waals surface area contributed by atoms with Gasteiger partial charge >= 0.3 is 0 Å². The lowest BCUT2D eigenvalue weighted by molar-refractivity contribution is 0.514. The van der Waals surface area contributed by atoms with Crippen LogP contribution in [0, 0.1) is 0 Å². The molecule has 1 aromatic heterocycles. The summed E-state index contributed by atoms with van der Waals surface area (Å²) in [5.41, 5.74) is 1.52. The van der Waals surface area contributed by atoms with Crippen molar-refractivity contribution in [3.8, 4) is 0 Å². The molecule has 2 rings (SSSR count). The highest BCUT2D eigenvalue weighted by Crippen LogP contribution is 2.27. The third-order valence-corrected chi connectivity index (χ3v) is 5.41. The Labute approximate surface area is 101 Å². The van der Waals surface area contributed by atoms with Gasteiger partial charge in [0.2, 0.25) is 0 Å². The zero-order chi connectivity index (χ0) is 10.7. The molecular weight excluding hydrogens is 222 g/mol. The van der Waals surface area contributed by atoms with Crippen LogP contribution in [0.25, 0.3) is 0 Å². The Balaban J connectivity index is 1.87. The van der Waals surface area contributed by atoms with Gasteiger partial charge in [0.05, 0.1) is 0 Å². The number of thioether (sulfide) groups is 1. The van der Waals surface area contributed by atoms with E-state index in [0.717, 1.165) is 24.3 Å². The lowest BCUT2D eigenvalue weighted by Crippen LogP contribution is -2.32. The minimum atomic E-state index is 0.724. The average molecular weight is 241 g/mol. The van der Waals surface area contributed by atoms with E-state index in [1.165, 1.54) is 22.6 Å². The number of rotatable bonds is 4. The standard InChI is InChI=1S/C12H19NS2/c1-3-10-4-6-15-12(10)8-13-11-5-7-14-9(11)2/h4,6,9,11,13H,3,5,7-8H2,1-2H3. The molecule has 3 heteroatoms. The Hall–Kier alpha value is 0.01000. The van der Waals surface area contributed by atoms with Gasteiger partial charge in [0.15, 0.2) is 0 Å². The van der Waals surface area contributed by atoms with Gasteiger partial charge in [0.1, 0.15) is 0 Å². The van der Waals surface area contributed by atoms with E-state index in [-0.39, 0.29) is 0 Å². The van der Waals surface area contributed by atoms with Gasteiger partial charge in [0.25, 0.3) is 0 Å². The lowest BCUT2D eigenvalue weighted by atomic mass is 10.1. The summed E-state index contributed by atoms with van der Waals surface area (Å²) in [4.78, 5) is 1.53. The smallest absolute Gasteiger partial charge is 0.0305 e. The molecule has 0 aromatic carbocycles. The van der Waals surface area contributed by atoms with Crippen LogP contribution in [0.3, 0.4) is 0 Å². The van der Waals surface area contributed by atoms with Crippen molar-refractivity contribution in [2.24, 2.45) is 0 Å². The zero-order valence-corrected chi connectivity index (χ0v) is 11.1. The molecule has 0 aliphatic carbocycles. The number of thiophene rings is 1. The molecule has 0 radical (unpaired) electrons. The molecule has 1 nitrogen and oxygen atoms in total. The molecule has 2 atom stereocenters. The van der Waals surface area contributed by atoms with Crippen LogP contribution < -0.4 is 5.32 Å². The number of nitrogens with one attached hydrogen (secondary N) is 1. The van der Waals surface area contributed by atoms with Crippen molar-refractivity contribution in [3.05, 3.63) is 21.9 Å². The molecule has 1 saturated heterocycles. The van der Waals surface area contributed by atoms with Gasteiger partial charge in [-0.25, -0.2) is 0 Å². The highest BCUT2D eigenvalue weighted by atomic mass is 32.2.